The fraction of sp³-hybridized carbons (Fsp3) is 0.571. The van der Waals surface area contributed by atoms with E-state index in [2.05, 4.69) is 6.58 Å². The highest BCUT2D eigenvalue weighted by Gasteiger charge is 2.24. The molecule has 1 fully saturated rings. The molecular formula is C7H9ClO3. The van der Waals surface area contributed by atoms with Gasteiger partial charge in [0.05, 0.1) is 12.5 Å². The first kappa shape index (κ1) is 8.56. The molecule has 1 rings (SSSR count). The molecule has 1 aliphatic rings. The van der Waals surface area contributed by atoms with Gasteiger partial charge < -0.3 is 9.47 Å². The largest absolute Gasteiger partial charge is 0.459 e. The van der Waals surface area contributed by atoms with Gasteiger partial charge in [0.15, 0.2) is 0 Å². The van der Waals surface area contributed by atoms with E-state index in [1.807, 2.05) is 0 Å². The van der Waals surface area contributed by atoms with E-state index in [0.29, 0.717) is 13.2 Å². The van der Waals surface area contributed by atoms with Crippen LogP contribution in [-0.4, -0.2) is 31.2 Å². The van der Waals surface area contributed by atoms with Crippen LogP contribution in [-0.2, 0) is 14.3 Å². The van der Waals surface area contributed by atoms with E-state index < -0.39 is 5.97 Å². The molecule has 4 heteroatoms. The molecule has 0 bridgehead atoms. The molecule has 0 aromatic carbocycles. The van der Waals surface area contributed by atoms with Crippen molar-refractivity contribution < 1.29 is 14.3 Å². The molecule has 0 N–H and O–H groups in total. The van der Waals surface area contributed by atoms with E-state index in [1.165, 1.54) is 0 Å². The maximum atomic E-state index is 10.8. The monoisotopic (exact) mass is 176 g/mol. The number of epoxide rings is 1. The second kappa shape index (κ2) is 3.74. The summed E-state index contributed by atoms with van der Waals surface area (Å²) in [7, 11) is 0. The van der Waals surface area contributed by atoms with Gasteiger partial charge in [-0.25, -0.2) is 4.79 Å². The van der Waals surface area contributed by atoms with Crippen LogP contribution in [0.25, 0.3) is 0 Å². The lowest BCUT2D eigenvalue weighted by Gasteiger charge is -2.01. The summed E-state index contributed by atoms with van der Waals surface area (Å²) in [6, 6.07) is 0. The minimum absolute atomic E-state index is 0.0991. The molecule has 1 saturated heterocycles. The fourth-order valence-corrected chi connectivity index (χ4v) is 0.599. The van der Waals surface area contributed by atoms with Crippen LogP contribution in [0.3, 0.4) is 0 Å². The normalized spacial score (nSPS) is 21.0. The van der Waals surface area contributed by atoms with Crippen LogP contribution in [0.2, 0.25) is 0 Å². The molecule has 0 spiro atoms. The maximum absolute atomic E-state index is 10.8. The number of halogens is 1. The Labute approximate surface area is 69.9 Å². The summed E-state index contributed by atoms with van der Waals surface area (Å²) in [5.74, 6) is -0.319. The van der Waals surface area contributed by atoms with Crippen molar-refractivity contribution in [2.24, 2.45) is 0 Å². The highest BCUT2D eigenvalue weighted by Crippen LogP contribution is 2.09. The van der Waals surface area contributed by atoms with Gasteiger partial charge >= 0.3 is 5.97 Å². The van der Waals surface area contributed by atoms with Crippen molar-refractivity contribution in [3.63, 3.8) is 0 Å². The van der Waals surface area contributed by atoms with Crippen LogP contribution in [0.4, 0.5) is 0 Å². The summed E-state index contributed by atoms with van der Waals surface area (Å²) in [4.78, 5) is 10.8. The molecule has 0 aromatic rings. The van der Waals surface area contributed by atoms with E-state index in [-0.39, 0.29) is 17.6 Å². The lowest BCUT2D eigenvalue weighted by molar-refractivity contribution is -0.139. The quantitative estimate of drug-likeness (QED) is 0.274. The van der Waals surface area contributed by atoms with E-state index in [1.54, 1.807) is 0 Å². The SMILES string of the molecule is C=C(CCl)C(=O)OCC1CO1. The van der Waals surface area contributed by atoms with E-state index in [9.17, 15) is 4.79 Å². The Bertz CT molecular complexity index is 175. The van der Waals surface area contributed by atoms with Crippen molar-refractivity contribution in [3.05, 3.63) is 12.2 Å². The van der Waals surface area contributed by atoms with Crippen LogP contribution in [0.15, 0.2) is 12.2 Å². The van der Waals surface area contributed by atoms with Crippen LogP contribution in [0, 0.1) is 0 Å². The van der Waals surface area contributed by atoms with Gasteiger partial charge in [-0.05, 0) is 0 Å². The Morgan fingerprint density at radius 1 is 1.82 bits per heavy atom. The maximum Gasteiger partial charge on any atom is 0.334 e. The predicted octanol–water partition coefficient (Wildman–Crippen LogP) is 0.723. The zero-order valence-electron chi connectivity index (χ0n) is 6.01. The van der Waals surface area contributed by atoms with Gasteiger partial charge in [0.2, 0.25) is 0 Å². The Hall–Kier alpha value is -0.540. The smallest absolute Gasteiger partial charge is 0.334 e. The molecule has 0 aliphatic carbocycles. The first-order valence-corrected chi connectivity index (χ1v) is 3.80. The first-order chi connectivity index (χ1) is 5.24. The zero-order chi connectivity index (χ0) is 8.27. The summed E-state index contributed by atoms with van der Waals surface area (Å²) >= 11 is 5.35. The van der Waals surface area contributed by atoms with Gasteiger partial charge in [-0.1, -0.05) is 6.58 Å². The second-order valence-electron chi connectivity index (χ2n) is 2.29. The first-order valence-electron chi connectivity index (χ1n) is 3.26. The fourth-order valence-electron chi connectivity index (χ4n) is 0.490. The lowest BCUT2D eigenvalue weighted by Crippen LogP contribution is -2.12. The standard InChI is InChI=1S/C7H9ClO3/c1-5(2-8)7(9)11-4-6-3-10-6/h6H,1-4H2. The Morgan fingerprint density at radius 2 is 2.45 bits per heavy atom. The number of rotatable bonds is 4. The molecule has 62 valence electrons. The molecular weight excluding hydrogens is 168 g/mol. The molecule has 11 heavy (non-hydrogen) atoms. The van der Waals surface area contributed by atoms with Crippen LogP contribution in [0.1, 0.15) is 0 Å². The van der Waals surface area contributed by atoms with Gasteiger partial charge in [-0.3, -0.25) is 0 Å². The predicted molar refractivity (Wildman–Crippen MR) is 40.6 cm³/mol. The van der Waals surface area contributed by atoms with Gasteiger partial charge in [-0.15, -0.1) is 11.6 Å². The third-order valence-corrected chi connectivity index (χ3v) is 1.58. The molecule has 1 atom stereocenters. The summed E-state index contributed by atoms with van der Waals surface area (Å²) in [5, 5.41) is 0. The molecule has 0 saturated carbocycles. The second-order valence-corrected chi connectivity index (χ2v) is 2.56. The summed E-state index contributed by atoms with van der Waals surface area (Å²) in [6.45, 7) is 4.42. The van der Waals surface area contributed by atoms with Crippen LogP contribution < -0.4 is 0 Å². The molecule has 1 heterocycles. The van der Waals surface area contributed by atoms with Gasteiger partial charge in [-0.2, -0.15) is 0 Å². The number of carbonyl (C=O) groups excluding carboxylic acids is 1. The molecule has 0 amide bonds. The Morgan fingerprint density at radius 3 is 2.91 bits per heavy atom. The van der Waals surface area contributed by atoms with E-state index in [4.69, 9.17) is 21.1 Å². The minimum Gasteiger partial charge on any atom is -0.459 e. The number of hydrogen-bond donors (Lipinski definition) is 0. The summed E-state index contributed by atoms with van der Waals surface area (Å²) in [5.41, 5.74) is 0.285. The van der Waals surface area contributed by atoms with Crippen molar-refractivity contribution >= 4 is 17.6 Å². The Balaban J connectivity index is 2.13. The van der Waals surface area contributed by atoms with Crippen molar-refractivity contribution in [3.8, 4) is 0 Å². The van der Waals surface area contributed by atoms with Crippen molar-refractivity contribution in [2.75, 3.05) is 19.1 Å². The molecule has 1 aliphatic heterocycles. The lowest BCUT2D eigenvalue weighted by atomic mass is 10.3. The third-order valence-electron chi connectivity index (χ3n) is 1.25. The van der Waals surface area contributed by atoms with Gasteiger partial charge in [0.1, 0.15) is 12.7 Å². The van der Waals surface area contributed by atoms with Crippen molar-refractivity contribution in [1.29, 1.82) is 0 Å². The summed E-state index contributed by atoms with van der Waals surface area (Å²) < 4.78 is 9.60. The van der Waals surface area contributed by atoms with Gasteiger partial charge in [0, 0.05) is 5.57 Å². The van der Waals surface area contributed by atoms with Crippen molar-refractivity contribution in [1.82, 2.24) is 0 Å². The van der Waals surface area contributed by atoms with Crippen LogP contribution >= 0.6 is 11.6 Å². The van der Waals surface area contributed by atoms with E-state index in [0.717, 1.165) is 0 Å². The third kappa shape index (κ3) is 2.91. The Kier molecular flexibility index (Phi) is 2.91. The number of carbonyl (C=O) groups is 1. The number of hydrogen-bond acceptors (Lipinski definition) is 3. The molecule has 3 nitrogen and oxygen atoms in total. The average Bonchev–Trinajstić information content (AvgIpc) is 2.81. The average molecular weight is 177 g/mol. The topological polar surface area (TPSA) is 38.8 Å². The zero-order valence-corrected chi connectivity index (χ0v) is 6.76. The number of esters is 1. The van der Waals surface area contributed by atoms with Crippen LogP contribution in [0.5, 0.6) is 0 Å². The minimum atomic E-state index is -0.435. The highest BCUT2D eigenvalue weighted by molar-refractivity contribution is 6.22. The van der Waals surface area contributed by atoms with E-state index >= 15 is 0 Å². The molecule has 1 unspecified atom stereocenters. The summed E-state index contributed by atoms with van der Waals surface area (Å²) in [6.07, 6.45) is 0.0991. The number of ether oxygens (including phenoxy) is 2. The van der Waals surface area contributed by atoms with Gasteiger partial charge in [0.25, 0.3) is 0 Å². The van der Waals surface area contributed by atoms with Crippen molar-refractivity contribution in [2.45, 2.75) is 6.10 Å². The molecule has 0 radical (unpaired) electrons. The highest BCUT2D eigenvalue weighted by atomic mass is 35.5. The number of alkyl halides is 1. The molecule has 0 aromatic heterocycles.